The van der Waals surface area contributed by atoms with Crippen LogP contribution >= 0.6 is 0 Å². The Morgan fingerprint density at radius 3 is 2.20 bits per heavy atom. The van der Waals surface area contributed by atoms with Crippen LogP contribution in [0.1, 0.15) is 33.3 Å². The van der Waals surface area contributed by atoms with Crippen LogP contribution in [0, 0.1) is 0 Å². The molecule has 0 unspecified atom stereocenters. The van der Waals surface area contributed by atoms with Gasteiger partial charge in [-0.15, -0.1) is 0 Å². The summed E-state index contributed by atoms with van der Waals surface area (Å²) in [6.07, 6.45) is 0. The van der Waals surface area contributed by atoms with Crippen LogP contribution in [0.4, 0.5) is 5.69 Å². The fourth-order valence-electron chi connectivity index (χ4n) is 1.69. The number of rotatable bonds is 5. The molecule has 2 amide bonds. The lowest BCUT2D eigenvalue weighted by atomic mass is 10.1. The molecule has 0 saturated heterocycles. The minimum Gasteiger partial charge on any atom is -0.350 e. The highest BCUT2D eigenvalue weighted by atomic mass is 16.2. The molecule has 0 heterocycles. The van der Waals surface area contributed by atoms with Gasteiger partial charge in [0, 0.05) is 24.7 Å². The Balaban J connectivity index is 2.35. The van der Waals surface area contributed by atoms with Gasteiger partial charge in [-0.1, -0.05) is 12.1 Å². The van der Waals surface area contributed by atoms with Gasteiger partial charge in [-0.2, -0.15) is 0 Å². The Hall–Kier alpha value is -1.88. The maximum absolute atomic E-state index is 11.6. The minimum absolute atomic E-state index is 0.0210. The summed E-state index contributed by atoms with van der Waals surface area (Å²) in [5.41, 5.74) is 1.62. The Bertz CT molecular complexity index is 461. The van der Waals surface area contributed by atoms with Crippen LogP contribution in [0.3, 0.4) is 0 Å². The smallest absolute Gasteiger partial charge is 0.234 e. The number of benzene rings is 1. The van der Waals surface area contributed by atoms with E-state index in [1.165, 1.54) is 6.92 Å². The molecule has 110 valence electrons. The van der Waals surface area contributed by atoms with E-state index in [4.69, 9.17) is 0 Å². The van der Waals surface area contributed by atoms with Gasteiger partial charge in [0.2, 0.25) is 11.8 Å². The van der Waals surface area contributed by atoms with Gasteiger partial charge in [-0.25, -0.2) is 0 Å². The van der Waals surface area contributed by atoms with Crippen molar-refractivity contribution in [3.63, 3.8) is 0 Å². The molecule has 0 aliphatic heterocycles. The van der Waals surface area contributed by atoms with Gasteiger partial charge in [-0.05, 0) is 38.5 Å². The number of carbonyl (C=O) groups excluding carboxylic acids is 2. The average Bonchev–Trinajstić information content (AvgIpc) is 2.28. The van der Waals surface area contributed by atoms with E-state index in [0.717, 1.165) is 11.3 Å². The maximum Gasteiger partial charge on any atom is 0.234 e. The molecular formula is C15H23N3O2. The molecule has 0 atom stereocenters. The van der Waals surface area contributed by atoms with Gasteiger partial charge in [-0.3, -0.25) is 9.59 Å². The predicted octanol–water partition coefficient (Wildman–Crippen LogP) is 1.65. The second-order valence-corrected chi connectivity index (χ2v) is 5.78. The van der Waals surface area contributed by atoms with Gasteiger partial charge in [0.1, 0.15) is 0 Å². The highest BCUT2D eigenvalue weighted by Crippen LogP contribution is 2.09. The van der Waals surface area contributed by atoms with Crippen molar-refractivity contribution in [1.29, 1.82) is 0 Å². The zero-order valence-electron chi connectivity index (χ0n) is 12.5. The summed E-state index contributed by atoms with van der Waals surface area (Å²) in [7, 11) is 0. The van der Waals surface area contributed by atoms with Gasteiger partial charge in [0.15, 0.2) is 0 Å². The fourth-order valence-corrected chi connectivity index (χ4v) is 1.69. The topological polar surface area (TPSA) is 70.2 Å². The van der Waals surface area contributed by atoms with E-state index >= 15 is 0 Å². The predicted molar refractivity (Wildman–Crippen MR) is 80.3 cm³/mol. The summed E-state index contributed by atoms with van der Waals surface area (Å²) in [4.78, 5) is 22.5. The van der Waals surface area contributed by atoms with E-state index in [-0.39, 0.29) is 23.9 Å². The summed E-state index contributed by atoms with van der Waals surface area (Å²) < 4.78 is 0. The first-order valence-electron chi connectivity index (χ1n) is 6.64. The second kappa shape index (κ2) is 7.05. The van der Waals surface area contributed by atoms with Crippen LogP contribution in [-0.2, 0) is 16.1 Å². The second-order valence-electron chi connectivity index (χ2n) is 5.78. The maximum atomic E-state index is 11.6. The summed E-state index contributed by atoms with van der Waals surface area (Å²) in [6, 6.07) is 7.52. The number of carbonyl (C=O) groups is 2. The zero-order valence-corrected chi connectivity index (χ0v) is 12.5. The highest BCUT2D eigenvalue weighted by molar-refractivity contribution is 5.88. The monoisotopic (exact) mass is 277 g/mol. The van der Waals surface area contributed by atoms with Gasteiger partial charge < -0.3 is 16.0 Å². The van der Waals surface area contributed by atoms with E-state index < -0.39 is 0 Å². The standard InChI is InChI=1S/C15H23N3O2/c1-11(19)17-13-7-5-12(6-8-13)9-16-10-14(20)18-15(2,3)4/h5-8,16H,9-10H2,1-4H3,(H,17,19)(H,18,20). The molecule has 0 fully saturated rings. The SMILES string of the molecule is CC(=O)Nc1ccc(CNCC(=O)NC(C)(C)C)cc1. The molecule has 0 aliphatic carbocycles. The van der Waals surface area contributed by atoms with Gasteiger partial charge in [0.05, 0.1) is 6.54 Å². The lowest BCUT2D eigenvalue weighted by Gasteiger charge is -2.20. The molecule has 5 nitrogen and oxygen atoms in total. The van der Waals surface area contributed by atoms with Crippen LogP contribution in [0.5, 0.6) is 0 Å². The Kier molecular flexibility index (Phi) is 5.70. The van der Waals surface area contributed by atoms with Crippen LogP contribution in [0.25, 0.3) is 0 Å². The molecule has 20 heavy (non-hydrogen) atoms. The molecule has 3 N–H and O–H groups in total. The average molecular weight is 277 g/mol. The fraction of sp³-hybridized carbons (Fsp3) is 0.467. The first-order chi connectivity index (χ1) is 9.26. The number of amides is 2. The molecule has 1 rings (SSSR count). The molecule has 0 saturated carbocycles. The van der Waals surface area contributed by atoms with E-state index in [0.29, 0.717) is 6.54 Å². The summed E-state index contributed by atoms with van der Waals surface area (Å²) in [6.45, 7) is 8.22. The number of nitrogens with one attached hydrogen (secondary N) is 3. The van der Waals surface area contributed by atoms with Crippen molar-refractivity contribution in [1.82, 2.24) is 10.6 Å². The van der Waals surface area contributed by atoms with E-state index in [1.807, 2.05) is 45.0 Å². The Morgan fingerprint density at radius 1 is 1.10 bits per heavy atom. The van der Waals surface area contributed by atoms with E-state index in [9.17, 15) is 9.59 Å². The molecule has 1 aromatic rings. The van der Waals surface area contributed by atoms with Crippen molar-refractivity contribution < 1.29 is 9.59 Å². The lowest BCUT2D eigenvalue weighted by Crippen LogP contribution is -2.44. The summed E-state index contributed by atoms with van der Waals surface area (Å²) >= 11 is 0. The summed E-state index contributed by atoms with van der Waals surface area (Å²) in [5, 5.41) is 8.68. The normalized spacial score (nSPS) is 11.0. The van der Waals surface area contributed by atoms with E-state index in [2.05, 4.69) is 16.0 Å². The molecule has 0 spiro atoms. The van der Waals surface area contributed by atoms with Gasteiger partial charge in [0.25, 0.3) is 0 Å². The van der Waals surface area contributed by atoms with Crippen LogP contribution in [0.2, 0.25) is 0 Å². The molecule has 0 aliphatic rings. The van der Waals surface area contributed by atoms with Crippen molar-refractivity contribution in [3.05, 3.63) is 29.8 Å². The van der Waals surface area contributed by atoms with Crippen molar-refractivity contribution >= 4 is 17.5 Å². The number of hydrogen-bond acceptors (Lipinski definition) is 3. The lowest BCUT2D eigenvalue weighted by molar-refractivity contribution is -0.121. The van der Waals surface area contributed by atoms with Crippen LogP contribution in [0.15, 0.2) is 24.3 Å². The van der Waals surface area contributed by atoms with Crippen LogP contribution in [-0.4, -0.2) is 23.9 Å². The minimum atomic E-state index is -0.210. The zero-order chi connectivity index (χ0) is 15.2. The molecule has 0 radical (unpaired) electrons. The van der Waals surface area contributed by atoms with Crippen molar-refractivity contribution in [2.24, 2.45) is 0 Å². The Morgan fingerprint density at radius 2 is 1.70 bits per heavy atom. The third kappa shape index (κ3) is 6.89. The molecule has 0 bridgehead atoms. The van der Waals surface area contributed by atoms with Crippen molar-refractivity contribution in [3.8, 4) is 0 Å². The van der Waals surface area contributed by atoms with Crippen LogP contribution < -0.4 is 16.0 Å². The Labute approximate surface area is 120 Å². The van der Waals surface area contributed by atoms with Crippen molar-refractivity contribution in [2.45, 2.75) is 39.8 Å². The third-order valence-corrected chi connectivity index (χ3v) is 2.40. The summed E-state index contributed by atoms with van der Waals surface area (Å²) in [5.74, 6) is -0.109. The largest absolute Gasteiger partial charge is 0.350 e. The molecular weight excluding hydrogens is 254 g/mol. The molecule has 0 aromatic heterocycles. The number of anilines is 1. The van der Waals surface area contributed by atoms with E-state index in [1.54, 1.807) is 0 Å². The molecule has 1 aromatic carbocycles. The van der Waals surface area contributed by atoms with Crippen molar-refractivity contribution in [2.75, 3.05) is 11.9 Å². The first-order valence-corrected chi connectivity index (χ1v) is 6.64. The van der Waals surface area contributed by atoms with Gasteiger partial charge >= 0.3 is 0 Å². The third-order valence-electron chi connectivity index (χ3n) is 2.40. The quantitative estimate of drug-likeness (QED) is 0.766. The number of hydrogen-bond donors (Lipinski definition) is 3. The highest BCUT2D eigenvalue weighted by Gasteiger charge is 2.12. The molecule has 5 heteroatoms. The first kappa shape index (κ1) is 16.2.